The molecular weight excluding hydrogens is 376 g/mol. The zero-order chi connectivity index (χ0) is 16.2. The van der Waals surface area contributed by atoms with Gasteiger partial charge in [-0.2, -0.15) is 0 Å². The van der Waals surface area contributed by atoms with Crippen LogP contribution >= 0.6 is 27.7 Å². The molecule has 2 aromatic carbocycles. The molecule has 0 spiro atoms. The van der Waals surface area contributed by atoms with Crippen LogP contribution in [-0.4, -0.2) is 17.3 Å². The molecule has 0 aliphatic carbocycles. The van der Waals surface area contributed by atoms with Crippen molar-refractivity contribution in [3.05, 3.63) is 58.1 Å². The number of hydrogen-bond acceptors (Lipinski definition) is 5. The van der Waals surface area contributed by atoms with Crippen molar-refractivity contribution in [2.45, 2.75) is 17.9 Å². The van der Waals surface area contributed by atoms with Gasteiger partial charge in [0.05, 0.1) is 12.7 Å². The van der Waals surface area contributed by atoms with Crippen LogP contribution in [0, 0.1) is 6.92 Å². The lowest BCUT2D eigenvalue weighted by Gasteiger charge is -2.07. The highest BCUT2D eigenvalue weighted by atomic mass is 79.9. The summed E-state index contributed by atoms with van der Waals surface area (Å²) < 4.78 is 12.1. The van der Waals surface area contributed by atoms with Crippen molar-refractivity contribution < 1.29 is 9.15 Å². The number of nitrogens with zero attached hydrogens (tertiary/aromatic N) is 2. The van der Waals surface area contributed by atoms with Crippen molar-refractivity contribution in [2.75, 3.05) is 7.11 Å². The second-order valence-corrected chi connectivity index (χ2v) is 6.74. The van der Waals surface area contributed by atoms with Crippen LogP contribution in [0.1, 0.15) is 11.1 Å². The first-order valence-electron chi connectivity index (χ1n) is 7.02. The van der Waals surface area contributed by atoms with E-state index in [1.165, 1.54) is 17.3 Å². The molecule has 0 aliphatic heterocycles. The van der Waals surface area contributed by atoms with E-state index in [9.17, 15) is 0 Å². The van der Waals surface area contributed by atoms with Gasteiger partial charge in [0, 0.05) is 15.8 Å². The summed E-state index contributed by atoms with van der Waals surface area (Å²) in [4.78, 5) is 0. The molecule has 0 saturated carbocycles. The third-order valence-electron chi connectivity index (χ3n) is 3.30. The van der Waals surface area contributed by atoms with Gasteiger partial charge in [-0.1, -0.05) is 41.6 Å². The van der Waals surface area contributed by atoms with E-state index in [4.69, 9.17) is 9.15 Å². The minimum Gasteiger partial charge on any atom is -0.496 e. The molecule has 1 heterocycles. The van der Waals surface area contributed by atoms with Gasteiger partial charge < -0.3 is 9.15 Å². The molecule has 0 aliphatic rings. The standard InChI is InChI=1S/C17H15BrN2O2S/c1-11-7-8-15(21-2)12(9-11)10-23-17-20-19-16(22-17)13-5-3-4-6-14(13)18/h3-9H,10H2,1-2H3. The van der Waals surface area contributed by atoms with Gasteiger partial charge in [0.25, 0.3) is 5.22 Å². The summed E-state index contributed by atoms with van der Waals surface area (Å²) in [7, 11) is 1.68. The van der Waals surface area contributed by atoms with Gasteiger partial charge in [-0.25, -0.2) is 0 Å². The molecule has 0 radical (unpaired) electrons. The SMILES string of the molecule is COc1ccc(C)cc1CSc1nnc(-c2ccccc2Br)o1. The molecule has 0 fully saturated rings. The summed E-state index contributed by atoms with van der Waals surface area (Å²) in [6.07, 6.45) is 0. The smallest absolute Gasteiger partial charge is 0.277 e. The van der Waals surface area contributed by atoms with Crippen LogP contribution in [0.4, 0.5) is 0 Å². The Morgan fingerprint density at radius 1 is 1.17 bits per heavy atom. The molecule has 0 N–H and O–H groups in total. The average Bonchev–Trinajstić information content (AvgIpc) is 3.02. The predicted octanol–water partition coefficient (Wildman–Crippen LogP) is 5.11. The molecule has 23 heavy (non-hydrogen) atoms. The lowest BCUT2D eigenvalue weighted by Crippen LogP contribution is -1.91. The molecule has 6 heteroatoms. The van der Waals surface area contributed by atoms with E-state index in [1.54, 1.807) is 7.11 Å². The monoisotopic (exact) mass is 390 g/mol. The van der Waals surface area contributed by atoms with E-state index >= 15 is 0 Å². The van der Waals surface area contributed by atoms with Crippen molar-refractivity contribution >= 4 is 27.7 Å². The van der Waals surface area contributed by atoms with E-state index in [0.29, 0.717) is 16.9 Å². The average molecular weight is 391 g/mol. The quantitative estimate of drug-likeness (QED) is 0.566. The van der Waals surface area contributed by atoms with Crippen LogP contribution in [0.3, 0.4) is 0 Å². The first-order valence-corrected chi connectivity index (χ1v) is 8.80. The summed E-state index contributed by atoms with van der Waals surface area (Å²) in [5, 5.41) is 8.77. The van der Waals surface area contributed by atoms with Gasteiger partial charge in [-0.15, -0.1) is 10.2 Å². The summed E-state index contributed by atoms with van der Waals surface area (Å²) in [5.74, 6) is 2.09. The molecule has 0 bridgehead atoms. The molecule has 0 atom stereocenters. The molecular formula is C17H15BrN2O2S. The number of thioether (sulfide) groups is 1. The van der Waals surface area contributed by atoms with E-state index < -0.39 is 0 Å². The van der Waals surface area contributed by atoms with Crippen molar-refractivity contribution in [2.24, 2.45) is 0 Å². The Balaban J connectivity index is 1.76. The van der Waals surface area contributed by atoms with E-state index in [2.05, 4.69) is 39.1 Å². The molecule has 4 nitrogen and oxygen atoms in total. The number of aromatic nitrogens is 2. The second kappa shape index (κ2) is 7.19. The zero-order valence-electron chi connectivity index (χ0n) is 12.7. The fourth-order valence-electron chi connectivity index (χ4n) is 2.17. The maximum Gasteiger partial charge on any atom is 0.277 e. The fourth-order valence-corrected chi connectivity index (χ4v) is 3.37. The molecule has 1 aromatic heterocycles. The predicted molar refractivity (Wildman–Crippen MR) is 94.7 cm³/mol. The Hall–Kier alpha value is -1.79. The van der Waals surface area contributed by atoms with Crippen LogP contribution < -0.4 is 4.74 Å². The Morgan fingerprint density at radius 2 is 2.00 bits per heavy atom. The zero-order valence-corrected chi connectivity index (χ0v) is 15.1. The highest BCUT2D eigenvalue weighted by molar-refractivity contribution is 9.10. The Morgan fingerprint density at radius 3 is 2.78 bits per heavy atom. The van der Waals surface area contributed by atoms with Crippen LogP contribution in [0.25, 0.3) is 11.5 Å². The summed E-state index contributed by atoms with van der Waals surface area (Å²) in [6, 6.07) is 13.9. The van der Waals surface area contributed by atoms with Gasteiger partial charge in [0.15, 0.2) is 0 Å². The van der Waals surface area contributed by atoms with Gasteiger partial charge in [0.2, 0.25) is 5.89 Å². The van der Waals surface area contributed by atoms with Crippen molar-refractivity contribution in [3.63, 3.8) is 0 Å². The minimum absolute atomic E-state index is 0.510. The maximum atomic E-state index is 5.75. The lowest BCUT2D eigenvalue weighted by molar-refractivity contribution is 0.411. The van der Waals surface area contributed by atoms with Crippen LogP contribution in [0.15, 0.2) is 56.6 Å². The summed E-state index contributed by atoms with van der Waals surface area (Å²) in [5.41, 5.74) is 3.19. The van der Waals surface area contributed by atoms with Crippen LogP contribution in [-0.2, 0) is 5.75 Å². The molecule has 118 valence electrons. The number of benzene rings is 2. The third kappa shape index (κ3) is 3.76. The van der Waals surface area contributed by atoms with Crippen molar-refractivity contribution in [1.29, 1.82) is 0 Å². The van der Waals surface area contributed by atoms with Crippen LogP contribution in [0.2, 0.25) is 0 Å². The lowest BCUT2D eigenvalue weighted by atomic mass is 10.1. The molecule has 0 unspecified atom stereocenters. The number of aryl methyl sites for hydroxylation is 1. The fraction of sp³-hybridized carbons (Fsp3) is 0.176. The van der Waals surface area contributed by atoms with Gasteiger partial charge in [-0.05, 0) is 41.1 Å². The Kier molecular flexibility index (Phi) is 5.03. The van der Waals surface area contributed by atoms with E-state index in [-0.39, 0.29) is 0 Å². The number of hydrogen-bond donors (Lipinski definition) is 0. The normalized spacial score (nSPS) is 10.7. The summed E-state index contributed by atoms with van der Waals surface area (Å²) in [6.45, 7) is 2.06. The van der Waals surface area contributed by atoms with Crippen molar-refractivity contribution in [3.8, 4) is 17.2 Å². The molecule has 3 aromatic rings. The number of halogens is 1. The largest absolute Gasteiger partial charge is 0.496 e. The minimum atomic E-state index is 0.510. The van der Waals surface area contributed by atoms with Gasteiger partial charge >= 0.3 is 0 Å². The summed E-state index contributed by atoms with van der Waals surface area (Å²) >= 11 is 4.99. The first-order chi connectivity index (χ1) is 11.2. The first kappa shape index (κ1) is 16.1. The number of rotatable bonds is 5. The Bertz CT molecular complexity index is 820. The second-order valence-electron chi connectivity index (χ2n) is 4.96. The van der Waals surface area contributed by atoms with Crippen LogP contribution in [0.5, 0.6) is 5.75 Å². The highest BCUT2D eigenvalue weighted by Crippen LogP contribution is 2.31. The topological polar surface area (TPSA) is 48.2 Å². The number of methoxy groups -OCH3 is 1. The molecule has 0 saturated heterocycles. The molecule has 0 amide bonds. The third-order valence-corrected chi connectivity index (χ3v) is 4.86. The molecule has 3 rings (SSSR count). The van der Waals surface area contributed by atoms with Crippen molar-refractivity contribution in [1.82, 2.24) is 10.2 Å². The van der Waals surface area contributed by atoms with Gasteiger partial charge in [-0.3, -0.25) is 0 Å². The number of ether oxygens (including phenoxy) is 1. The Labute approximate surface area is 147 Å². The van der Waals surface area contributed by atoms with E-state index in [1.807, 2.05) is 36.4 Å². The van der Waals surface area contributed by atoms with E-state index in [0.717, 1.165) is 21.3 Å². The maximum absolute atomic E-state index is 5.75. The van der Waals surface area contributed by atoms with Gasteiger partial charge in [0.1, 0.15) is 5.75 Å². The highest BCUT2D eigenvalue weighted by Gasteiger charge is 2.12.